The molecule has 4 rings (SSSR count). The summed E-state index contributed by atoms with van der Waals surface area (Å²) in [5, 5.41) is 3.84. The van der Waals surface area contributed by atoms with E-state index < -0.39 is 0 Å². The van der Waals surface area contributed by atoms with Crippen LogP contribution in [0.5, 0.6) is 0 Å². The van der Waals surface area contributed by atoms with Crippen LogP contribution >= 0.6 is 11.8 Å². The number of nitrogens with one attached hydrogen (secondary N) is 1. The fourth-order valence-electron chi connectivity index (χ4n) is 3.70. The second kappa shape index (κ2) is 9.58. The maximum atomic E-state index is 12.3. The van der Waals surface area contributed by atoms with Gasteiger partial charge >= 0.3 is 0 Å². The van der Waals surface area contributed by atoms with Gasteiger partial charge in [0.05, 0.1) is 36.4 Å². The highest BCUT2D eigenvalue weighted by Gasteiger charge is 2.21. The van der Waals surface area contributed by atoms with Gasteiger partial charge in [0.15, 0.2) is 5.16 Å². The summed E-state index contributed by atoms with van der Waals surface area (Å²) in [5.41, 5.74) is 2.20. The van der Waals surface area contributed by atoms with Gasteiger partial charge < -0.3 is 19.4 Å². The van der Waals surface area contributed by atoms with Gasteiger partial charge in [-0.25, -0.2) is 4.98 Å². The number of imidazole rings is 1. The molecule has 7 heteroatoms. The van der Waals surface area contributed by atoms with Gasteiger partial charge in [0.25, 0.3) is 0 Å². The molecule has 28 heavy (non-hydrogen) atoms. The Morgan fingerprint density at radius 1 is 1.14 bits per heavy atom. The third kappa shape index (κ3) is 4.96. The fourth-order valence-corrected chi connectivity index (χ4v) is 4.51. The number of hydrogen-bond donors (Lipinski definition) is 1. The van der Waals surface area contributed by atoms with Gasteiger partial charge in [-0.3, -0.25) is 4.79 Å². The Bertz CT molecular complexity index is 768. The van der Waals surface area contributed by atoms with Crippen molar-refractivity contribution >= 4 is 17.7 Å². The van der Waals surface area contributed by atoms with E-state index in [9.17, 15) is 4.79 Å². The summed E-state index contributed by atoms with van der Waals surface area (Å²) >= 11 is 1.48. The first kappa shape index (κ1) is 19.5. The smallest absolute Gasteiger partial charge is 0.230 e. The van der Waals surface area contributed by atoms with Crippen LogP contribution in [-0.2, 0) is 20.8 Å². The highest BCUT2D eigenvalue weighted by molar-refractivity contribution is 7.99. The largest absolute Gasteiger partial charge is 0.376 e. The van der Waals surface area contributed by atoms with Gasteiger partial charge in [-0.05, 0) is 31.2 Å². The summed E-state index contributed by atoms with van der Waals surface area (Å²) in [6, 6.07) is 10.3. The SMILES string of the molecule is O=C(CSc1ncc(-c2ccccc2)n1CC1CCCO1)NCC1CCCO1. The lowest BCUT2D eigenvalue weighted by Crippen LogP contribution is -2.33. The molecule has 1 amide bonds. The van der Waals surface area contributed by atoms with Crippen LogP contribution in [0.25, 0.3) is 11.3 Å². The van der Waals surface area contributed by atoms with Gasteiger partial charge in [0.2, 0.25) is 5.91 Å². The lowest BCUT2D eigenvalue weighted by atomic mass is 10.1. The fraction of sp³-hybridized carbons (Fsp3) is 0.524. The van der Waals surface area contributed by atoms with Crippen molar-refractivity contribution in [3.8, 4) is 11.3 Å². The van der Waals surface area contributed by atoms with Crippen molar-refractivity contribution in [1.82, 2.24) is 14.9 Å². The maximum Gasteiger partial charge on any atom is 0.230 e. The molecule has 1 aromatic heterocycles. The molecule has 2 fully saturated rings. The minimum atomic E-state index is 0.0217. The van der Waals surface area contributed by atoms with Crippen molar-refractivity contribution in [2.24, 2.45) is 0 Å². The van der Waals surface area contributed by atoms with E-state index in [4.69, 9.17) is 9.47 Å². The molecule has 2 atom stereocenters. The number of benzene rings is 1. The van der Waals surface area contributed by atoms with Crippen molar-refractivity contribution in [1.29, 1.82) is 0 Å². The molecule has 1 aromatic carbocycles. The Balaban J connectivity index is 1.41. The minimum absolute atomic E-state index is 0.0217. The Hall–Kier alpha value is -1.83. The molecule has 2 unspecified atom stereocenters. The zero-order chi connectivity index (χ0) is 19.2. The summed E-state index contributed by atoms with van der Waals surface area (Å²) in [6.07, 6.45) is 6.56. The number of thioether (sulfide) groups is 1. The highest BCUT2D eigenvalue weighted by atomic mass is 32.2. The van der Waals surface area contributed by atoms with Crippen LogP contribution in [0.15, 0.2) is 41.7 Å². The number of nitrogens with zero attached hydrogens (tertiary/aromatic N) is 2. The predicted molar refractivity (Wildman–Crippen MR) is 109 cm³/mol. The Labute approximate surface area is 170 Å². The molecule has 1 N–H and O–H groups in total. The van der Waals surface area contributed by atoms with Crippen molar-refractivity contribution in [2.75, 3.05) is 25.5 Å². The number of carbonyl (C=O) groups is 1. The molecule has 6 nitrogen and oxygen atoms in total. The van der Waals surface area contributed by atoms with E-state index in [1.165, 1.54) is 11.8 Å². The zero-order valence-electron chi connectivity index (χ0n) is 16.0. The third-order valence-corrected chi connectivity index (χ3v) is 6.17. The maximum absolute atomic E-state index is 12.3. The summed E-state index contributed by atoms with van der Waals surface area (Å²) in [7, 11) is 0. The van der Waals surface area contributed by atoms with Crippen LogP contribution in [0.3, 0.4) is 0 Å². The van der Waals surface area contributed by atoms with Crippen LogP contribution in [0.2, 0.25) is 0 Å². The zero-order valence-corrected chi connectivity index (χ0v) is 16.8. The summed E-state index contributed by atoms with van der Waals surface area (Å²) in [6.45, 7) is 3.00. The average molecular weight is 402 g/mol. The first-order valence-electron chi connectivity index (χ1n) is 10.0. The molecule has 0 bridgehead atoms. The molecular formula is C21H27N3O3S. The Kier molecular flexibility index (Phi) is 6.67. The molecule has 0 spiro atoms. The van der Waals surface area contributed by atoms with E-state index >= 15 is 0 Å². The topological polar surface area (TPSA) is 65.4 Å². The van der Waals surface area contributed by atoms with Gasteiger partial charge in [-0.1, -0.05) is 42.1 Å². The molecule has 2 aliphatic heterocycles. The van der Waals surface area contributed by atoms with E-state index in [1.54, 1.807) is 0 Å². The number of amides is 1. The first-order chi connectivity index (χ1) is 13.8. The standard InChI is InChI=1S/C21H27N3O3S/c25-20(22-12-17-8-4-10-26-17)15-28-21-23-13-19(16-6-2-1-3-7-16)24(21)14-18-9-5-11-27-18/h1-3,6-7,13,17-18H,4-5,8-12,14-15H2,(H,22,25). The molecule has 0 aliphatic carbocycles. The number of carbonyl (C=O) groups excluding carboxylic acids is 1. The molecule has 2 saturated heterocycles. The molecule has 3 heterocycles. The molecule has 0 radical (unpaired) electrons. The van der Waals surface area contributed by atoms with E-state index in [1.807, 2.05) is 24.4 Å². The van der Waals surface area contributed by atoms with Crippen molar-refractivity contribution in [3.05, 3.63) is 36.5 Å². The Morgan fingerprint density at radius 3 is 2.61 bits per heavy atom. The van der Waals surface area contributed by atoms with Crippen molar-refractivity contribution in [2.45, 2.75) is 49.6 Å². The first-order valence-corrected chi connectivity index (χ1v) is 11.0. The lowest BCUT2D eigenvalue weighted by molar-refractivity contribution is -0.119. The van der Waals surface area contributed by atoms with Crippen LogP contribution in [-0.4, -0.2) is 53.2 Å². The number of aromatic nitrogens is 2. The quantitative estimate of drug-likeness (QED) is 0.689. The average Bonchev–Trinajstić information content (AvgIpc) is 3.48. The molecular weight excluding hydrogens is 374 g/mol. The van der Waals surface area contributed by atoms with Crippen LogP contribution < -0.4 is 5.32 Å². The Morgan fingerprint density at radius 2 is 1.89 bits per heavy atom. The third-order valence-electron chi connectivity index (χ3n) is 5.18. The van der Waals surface area contributed by atoms with Crippen LogP contribution in [0, 0.1) is 0 Å². The lowest BCUT2D eigenvalue weighted by Gasteiger charge is -2.16. The predicted octanol–water partition coefficient (Wildman–Crippen LogP) is 3.12. The summed E-state index contributed by atoms with van der Waals surface area (Å²) in [4.78, 5) is 16.9. The van der Waals surface area contributed by atoms with Gasteiger partial charge in [-0.2, -0.15) is 0 Å². The van der Waals surface area contributed by atoms with E-state index in [-0.39, 0.29) is 18.1 Å². The molecule has 150 valence electrons. The number of hydrogen-bond acceptors (Lipinski definition) is 5. The summed E-state index contributed by atoms with van der Waals surface area (Å²) < 4.78 is 13.6. The molecule has 2 aliphatic rings. The van der Waals surface area contributed by atoms with Crippen molar-refractivity contribution in [3.63, 3.8) is 0 Å². The van der Waals surface area contributed by atoms with Crippen LogP contribution in [0.4, 0.5) is 0 Å². The second-order valence-corrected chi connectivity index (χ2v) is 8.21. The van der Waals surface area contributed by atoms with Gasteiger partial charge in [0.1, 0.15) is 0 Å². The van der Waals surface area contributed by atoms with Crippen molar-refractivity contribution < 1.29 is 14.3 Å². The normalized spacial score (nSPS) is 21.9. The van der Waals surface area contributed by atoms with Gasteiger partial charge in [-0.15, -0.1) is 0 Å². The second-order valence-electron chi connectivity index (χ2n) is 7.27. The minimum Gasteiger partial charge on any atom is -0.376 e. The monoisotopic (exact) mass is 401 g/mol. The van der Waals surface area contributed by atoms with E-state index in [0.29, 0.717) is 12.3 Å². The van der Waals surface area contributed by atoms with Crippen LogP contribution in [0.1, 0.15) is 25.7 Å². The number of ether oxygens (including phenoxy) is 2. The highest BCUT2D eigenvalue weighted by Crippen LogP contribution is 2.28. The van der Waals surface area contributed by atoms with Gasteiger partial charge in [0, 0.05) is 19.8 Å². The van der Waals surface area contributed by atoms with E-state index in [0.717, 1.165) is 61.9 Å². The summed E-state index contributed by atoms with van der Waals surface area (Å²) in [5.74, 6) is 0.372. The number of rotatable bonds is 8. The van der Waals surface area contributed by atoms with E-state index in [2.05, 4.69) is 27.0 Å². The molecule has 0 saturated carbocycles. The molecule has 2 aromatic rings.